The maximum Gasteiger partial charge on any atom is 0.277 e. The van der Waals surface area contributed by atoms with E-state index in [0.717, 1.165) is 22.6 Å². The van der Waals surface area contributed by atoms with Gasteiger partial charge in [0.2, 0.25) is 0 Å². The van der Waals surface area contributed by atoms with Crippen LogP contribution in [0.3, 0.4) is 0 Å². The van der Waals surface area contributed by atoms with Crippen molar-refractivity contribution in [2.45, 2.75) is 13.8 Å². The van der Waals surface area contributed by atoms with E-state index in [2.05, 4.69) is 10.5 Å². The number of aromatic nitrogens is 1. The van der Waals surface area contributed by atoms with Gasteiger partial charge in [0.15, 0.2) is 6.61 Å². The Kier molecular flexibility index (Phi) is 7.32. The zero-order valence-corrected chi connectivity index (χ0v) is 19.1. The van der Waals surface area contributed by atoms with Gasteiger partial charge >= 0.3 is 0 Å². The highest BCUT2D eigenvalue weighted by Gasteiger charge is 2.11. The summed E-state index contributed by atoms with van der Waals surface area (Å²) in [6.45, 7) is 3.66. The van der Waals surface area contributed by atoms with Crippen molar-refractivity contribution in [1.29, 1.82) is 0 Å². The second kappa shape index (κ2) is 9.75. The van der Waals surface area contributed by atoms with Gasteiger partial charge < -0.3 is 9.30 Å². The molecule has 0 saturated carbocycles. The van der Waals surface area contributed by atoms with Gasteiger partial charge in [0.05, 0.1) is 11.2 Å². The van der Waals surface area contributed by atoms with Crippen LogP contribution in [0.15, 0.2) is 47.6 Å². The average Bonchev–Trinajstić information content (AvgIpc) is 2.93. The number of carbonyl (C=O) groups is 1. The molecule has 3 aromatic rings. The molecule has 0 aliphatic heterocycles. The van der Waals surface area contributed by atoms with Crippen molar-refractivity contribution in [2.75, 3.05) is 6.61 Å². The van der Waals surface area contributed by atoms with Gasteiger partial charge in [0.25, 0.3) is 5.91 Å². The zero-order valence-electron chi connectivity index (χ0n) is 16.0. The Balaban J connectivity index is 1.65. The molecule has 0 aliphatic rings. The van der Waals surface area contributed by atoms with Crippen molar-refractivity contribution >= 4 is 58.5 Å². The van der Waals surface area contributed by atoms with E-state index in [1.807, 2.05) is 36.6 Å². The van der Waals surface area contributed by atoms with Gasteiger partial charge in [-0.25, -0.2) is 5.43 Å². The third-order valence-electron chi connectivity index (χ3n) is 4.22. The molecule has 0 spiro atoms. The Bertz CT molecular complexity index is 1110. The van der Waals surface area contributed by atoms with E-state index < -0.39 is 5.91 Å². The van der Waals surface area contributed by atoms with Crippen LogP contribution in [0.2, 0.25) is 20.1 Å². The molecule has 0 bridgehead atoms. The number of rotatable bonds is 6. The van der Waals surface area contributed by atoms with E-state index in [4.69, 9.17) is 51.1 Å². The predicted octanol–water partition coefficient (Wildman–Crippen LogP) is 6.24. The molecule has 30 heavy (non-hydrogen) atoms. The van der Waals surface area contributed by atoms with Crippen LogP contribution in [0.25, 0.3) is 5.69 Å². The van der Waals surface area contributed by atoms with Crippen LogP contribution in [0.1, 0.15) is 17.0 Å². The molecule has 1 aromatic heterocycles. The summed E-state index contributed by atoms with van der Waals surface area (Å²) in [5.74, 6) is -0.0587. The number of hydrazone groups is 1. The molecule has 0 atom stereocenters. The Morgan fingerprint density at radius 2 is 1.73 bits per heavy atom. The first-order chi connectivity index (χ1) is 14.2. The van der Waals surface area contributed by atoms with Gasteiger partial charge in [-0.05, 0) is 56.3 Å². The highest BCUT2D eigenvalue weighted by molar-refractivity contribution is 6.35. The normalized spacial score (nSPS) is 11.1. The lowest BCUT2D eigenvalue weighted by Gasteiger charge is -2.10. The van der Waals surface area contributed by atoms with Gasteiger partial charge in [0, 0.05) is 37.7 Å². The zero-order chi connectivity index (χ0) is 21.8. The number of nitrogens with one attached hydrogen (secondary N) is 1. The number of ether oxygens (including phenoxy) is 1. The van der Waals surface area contributed by atoms with Crippen LogP contribution in [0.4, 0.5) is 0 Å². The van der Waals surface area contributed by atoms with E-state index in [9.17, 15) is 4.79 Å². The molecule has 9 heteroatoms. The van der Waals surface area contributed by atoms with Gasteiger partial charge in [-0.1, -0.05) is 46.4 Å². The molecular weight excluding hydrogens is 468 g/mol. The van der Waals surface area contributed by atoms with E-state index >= 15 is 0 Å². The van der Waals surface area contributed by atoms with Crippen molar-refractivity contribution in [2.24, 2.45) is 5.10 Å². The lowest BCUT2D eigenvalue weighted by atomic mass is 10.2. The lowest BCUT2D eigenvalue weighted by Crippen LogP contribution is -2.24. The molecule has 0 radical (unpaired) electrons. The molecule has 0 unspecified atom stereocenters. The first-order valence-corrected chi connectivity index (χ1v) is 10.3. The van der Waals surface area contributed by atoms with E-state index in [-0.39, 0.29) is 6.61 Å². The van der Waals surface area contributed by atoms with Crippen molar-refractivity contribution in [3.8, 4) is 11.4 Å². The monoisotopic (exact) mass is 483 g/mol. The van der Waals surface area contributed by atoms with Crippen LogP contribution in [0, 0.1) is 13.8 Å². The number of amides is 1. The quantitative estimate of drug-likeness (QED) is 0.332. The molecular formula is C21H17Cl4N3O2. The van der Waals surface area contributed by atoms with Gasteiger partial charge in [0.1, 0.15) is 5.75 Å². The molecule has 0 saturated heterocycles. The molecule has 156 valence electrons. The Morgan fingerprint density at radius 3 is 2.40 bits per heavy atom. The minimum atomic E-state index is -0.423. The third kappa shape index (κ3) is 5.49. The summed E-state index contributed by atoms with van der Waals surface area (Å²) in [6, 6.07) is 12.0. The number of carbonyl (C=O) groups excluding carboxylic acids is 1. The van der Waals surface area contributed by atoms with E-state index in [0.29, 0.717) is 25.8 Å². The fraction of sp³-hybridized carbons (Fsp3) is 0.143. The number of hydrogen-bond acceptors (Lipinski definition) is 3. The fourth-order valence-electron chi connectivity index (χ4n) is 2.93. The number of benzene rings is 2. The molecule has 2 aromatic carbocycles. The predicted molar refractivity (Wildman–Crippen MR) is 123 cm³/mol. The molecule has 0 fully saturated rings. The maximum atomic E-state index is 12.0. The Morgan fingerprint density at radius 1 is 1.03 bits per heavy atom. The highest BCUT2D eigenvalue weighted by atomic mass is 35.5. The standard InChI is InChI=1S/C21H17Cl4N3O2/c1-12-5-14(13(2)28(12)18-7-16(23)6-17(24)8-18)10-26-27-21(29)11-30-20-4-3-15(22)9-19(20)25/h3-10H,11H2,1-2H3,(H,27,29)/b26-10-. The second-order valence-electron chi connectivity index (χ2n) is 6.45. The van der Waals surface area contributed by atoms with Gasteiger partial charge in [-0.15, -0.1) is 0 Å². The number of halogens is 4. The highest BCUT2D eigenvalue weighted by Crippen LogP contribution is 2.28. The van der Waals surface area contributed by atoms with Crippen LogP contribution < -0.4 is 10.2 Å². The number of aryl methyl sites for hydroxylation is 1. The summed E-state index contributed by atoms with van der Waals surface area (Å²) in [5.41, 5.74) is 6.01. The minimum Gasteiger partial charge on any atom is -0.482 e. The first kappa shape index (κ1) is 22.5. The topological polar surface area (TPSA) is 55.6 Å². The Labute approximate surface area is 194 Å². The average molecular weight is 485 g/mol. The first-order valence-electron chi connectivity index (χ1n) is 8.80. The SMILES string of the molecule is Cc1cc(/C=N\NC(=O)COc2ccc(Cl)cc2Cl)c(C)n1-c1cc(Cl)cc(Cl)c1. The molecule has 1 N–H and O–H groups in total. The molecule has 5 nitrogen and oxygen atoms in total. The molecule has 1 amide bonds. The molecule has 0 aliphatic carbocycles. The van der Waals surface area contributed by atoms with Crippen LogP contribution in [-0.4, -0.2) is 23.3 Å². The minimum absolute atomic E-state index is 0.237. The smallest absolute Gasteiger partial charge is 0.277 e. The largest absolute Gasteiger partial charge is 0.482 e. The van der Waals surface area contributed by atoms with Gasteiger partial charge in [-0.2, -0.15) is 5.10 Å². The summed E-state index contributed by atoms with van der Waals surface area (Å²) in [4.78, 5) is 12.0. The lowest BCUT2D eigenvalue weighted by molar-refractivity contribution is -0.123. The molecule has 1 heterocycles. The maximum absolute atomic E-state index is 12.0. The fourth-order valence-corrected chi connectivity index (χ4v) is 3.90. The summed E-state index contributed by atoms with van der Waals surface area (Å²) >= 11 is 24.1. The van der Waals surface area contributed by atoms with Crippen LogP contribution >= 0.6 is 46.4 Å². The van der Waals surface area contributed by atoms with E-state index in [1.165, 1.54) is 6.07 Å². The van der Waals surface area contributed by atoms with Gasteiger partial charge in [-0.3, -0.25) is 4.79 Å². The van der Waals surface area contributed by atoms with Crippen molar-refractivity contribution in [3.63, 3.8) is 0 Å². The number of hydrogen-bond donors (Lipinski definition) is 1. The van der Waals surface area contributed by atoms with Crippen LogP contribution in [0.5, 0.6) is 5.75 Å². The summed E-state index contributed by atoms with van der Waals surface area (Å²) in [5, 5.41) is 5.92. The van der Waals surface area contributed by atoms with E-state index in [1.54, 1.807) is 24.4 Å². The Hall–Kier alpha value is -2.18. The summed E-state index contributed by atoms with van der Waals surface area (Å²) < 4.78 is 7.38. The molecule has 3 rings (SSSR count). The van der Waals surface area contributed by atoms with Crippen molar-refractivity contribution < 1.29 is 9.53 Å². The van der Waals surface area contributed by atoms with Crippen molar-refractivity contribution in [3.05, 3.63) is 79.5 Å². The van der Waals surface area contributed by atoms with Crippen LogP contribution in [-0.2, 0) is 4.79 Å². The third-order valence-corrected chi connectivity index (χ3v) is 5.19. The summed E-state index contributed by atoms with van der Waals surface area (Å²) in [6.07, 6.45) is 1.57. The van der Waals surface area contributed by atoms with Crippen molar-refractivity contribution in [1.82, 2.24) is 9.99 Å². The summed E-state index contributed by atoms with van der Waals surface area (Å²) in [7, 11) is 0. The number of nitrogens with zero attached hydrogens (tertiary/aromatic N) is 2. The second-order valence-corrected chi connectivity index (χ2v) is 8.16.